The van der Waals surface area contributed by atoms with Gasteiger partial charge in [-0.05, 0) is 63.1 Å². The quantitative estimate of drug-likeness (QED) is 0.179. The maximum Gasteiger partial charge on any atom is 0.421 e. The molecular formula is C38H31N3O5S2. The third-order valence-corrected chi connectivity index (χ3v) is 11.6. The number of hydrogen-bond donors (Lipinski definition) is 0. The standard InChI is InChI=1S/C38H31N3O5S2/c1-24-19-21-26(22-20-24)48(44,45)40-23-31(39-5)38(28-16-10-11-17-29(28)41(35(38)42)36(43)46-37(2,3)4)32(25-13-7-6-8-14-25)34-33(40)27-15-9-12-18-30(27)47-34/h6-23,32H,1-4H3/t32-,38-/m0/s1. The second kappa shape index (κ2) is 11.2. The second-order valence-electron chi connectivity index (χ2n) is 12.8. The van der Waals surface area contributed by atoms with Crippen LogP contribution in [0.4, 0.5) is 16.2 Å². The number of thiophene rings is 1. The smallest absolute Gasteiger partial charge is 0.421 e. The lowest BCUT2D eigenvalue weighted by Crippen LogP contribution is -2.48. The Hall–Kier alpha value is -5.24. The van der Waals surface area contributed by atoms with E-state index in [1.807, 2.05) is 61.5 Å². The molecule has 2 aliphatic rings. The maximum absolute atomic E-state index is 15.3. The Balaban J connectivity index is 1.63. The zero-order valence-corrected chi connectivity index (χ0v) is 28.3. The number of fused-ring (bicyclic) bond motifs is 5. The van der Waals surface area contributed by atoms with Crippen LogP contribution in [0.2, 0.25) is 0 Å². The normalized spacial score (nSPS) is 19.0. The lowest BCUT2D eigenvalue weighted by atomic mass is 9.65. The maximum atomic E-state index is 15.3. The van der Waals surface area contributed by atoms with E-state index in [1.54, 1.807) is 69.3 Å². The largest absolute Gasteiger partial charge is 0.443 e. The molecule has 48 heavy (non-hydrogen) atoms. The number of sulfonamides is 1. The van der Waals surface area contributed by atoms with Crippen LogP contribution in [0.1, 0.15) is 48.3 Å². The van der Waals surface area contributed by atoms with Gasteiger partial charge in [-0.25, -0.2) is 23.0 Å². The summed E-state index contributed by atoms with van der Waals surface area (Å²) in [7, 11) is -4.32. The molecule has 0 saturated heterocycles. The van der Waals surface area contributed by atoms with Gasteiger partial charge in [0.05, 0.1) is 22.8 Å². The van der Waals surface area contributed by atoms with Crippen molar-refractivity contribution in [1.29, 1.82) is 0 Å². The van der Waals surface area contributed by atoms with Crippen molar-refractivity contribution in [3.63, 3.8) is 0 Å². The number of imide groups is 1. The SMILES string of the molecule is [C-]#[N+]C1=CN(S(=O)(=O)c2ccc(C)cc2)c2c(sc3ccccc23)[C@H](c2ccccc2)[C@@]12C(=O)N(C(=O)OC(C)(C)C)c1ccccc12. The highest BCUT2D eigenvalue weighted by atomic mass is 32.2. The lowest BCUT2D eigenvalue weighted by Gasteiger charge is -2.35. The Bertz CT molecular complexity index is 2300. The van der Waals surface area contributed by atoms with Crippen molar-refractivity contribution in [3.05, 3.63) is 148 Å². The molecule has 4 aromatic carbocycles. The molecule has 0 aliphatic carbocycles. The van der Waals surface area contributed by atoms with E-state index < -0.39 is 39.0 Å². The molecule has 8 nitrogen and oxygen atoms in total. The predicted octanol–water partition coefficient (Wildman–Crippen LogP) is 8.53. The van der Waals surface area contributed by atoms with Crippen molar-refractivity contribution < 1.29 is 22.7 Å². The molecule has 7 rings (SSSR count). The Morgan fingerprint density at radius 1 is 0.917 bits per heavy atom. The van der Waals surface area contributed by atoms with Crippen LogP contribution in [0.3, 0.4) is 0 Å². The zero-order valence-electron chi connectivity index (χ0n) is 26.7. The number of carbonyl (C=O) groups is 2. The molecule has 2 atom stereocenters. The first-order valence-electron chi connectivity index (χ1n) is 15.3. The van der Waals surface area contributed by atoms with Gasteiger partial charge in [0, 0.05) is 27.1 Å². The average Bonchev–Trinajstić information content (AvgIpc) is 3.50. The van der Waals surface area contributed by atoms with Crippen LogP contribution in [0.15, 0.2) is 120 Å². The van der Waals surface area contributed by atoms with Crippen molar-refractivity contribution in [1.82, 2.24) is 0 Å². The molecule has 240 valence electrons. The van der Waals surface area contributed by atoms with Crippen molar-refractivity contribution in [2.75, 3.05) is 9.21 Å². The average molecular weight is 674 g/mol. The highest BCUT2D eigenvalue weighted by Gasteiger charge is 2.63. The topological polar surface area (TPSA) is 88.4 Å². The van der Waals surface area contributed by atoms with Crippen molar-refractivity contribution in [2.45, 2.75) is 49.5 Å². The summed E-state index contributed by atoms with van der Waals surface area (Å²) in [6, 6.07) is 30.2. The van der Waals surface area contributed by atoms with Crippen LogP contribution in [-0.4, -0.2) is 26.0 Å². The summed E-state index contributed by atoms with van der Waals surface area (Å²) >= 11 is 1.37. The van der Waals surface area contributed by atoms with E-state index in [1.165, 1.54) is 17.5 Å². The fourth-order valence-electron chi connectivity index (χ4n) is 6.69. The first kappa shape index (κ1) is 31.4. The number of hydrogen-bond acceptors (Lipinski definition) is 6. The monoisotopic (exact) mass is 673 g/mol. The van der Waals surface area contributed by atoms with E-state index in [0.717, 1.165) is 19.5 Å². The minimum atomic E-state index is -4.32. The van der Waals surface area contributed by atoms with Gasteiger partial charge >= 0.3 is 6.09 Å². The molecule has 0 unspecified atom stereocenters. The van der Waals surface area contributed by atoms with E-state index in [9.17, 15) is 13.2 Å². The molecule has 2 aliphatic heterocycles. The lowest BCUT2D eigenvalue weighted by molar-refractivity contribution is -0.122. The summed E-state index contributed by atoms with van der Waals surface area (Å²) in [5, 5.41) is 0.662. The number of carbonyl (C=O) groups excluding carboxylic acids is 2. The van der Waals surface area contributed by atoms with Crippen LogP contribution in [-0.2, 0) is 25.0 Å². The molecule has 0 fully saturated rings. The molecule has 1 spiro atoms. The van der Waals surface area contributed by atoms with Crippen molar-refractivity contribution in [2.24, 2.45) is 0 Å². The second-order valence-corrected chi connectivity index (χ2v) is 15.7. The molecule has 1 aromatic heterocycles. The van der Waals surface area contributed by atoms with E-state index in [0.29, 0.717) is 27.1 Å². The van der Waals surface area contributed by atoms with Gasteiger partial charge in [0.25, 0.3) is 10.0 Å². The van der Waals surface area contributed by atoms with Gasteiger partial charge < -0.3 is 4.74 Å². The number of aryl methyl sites for hydroxylation is 1. The summed E-state index contributed by atoms with van der Waals surface area (Å²) in [6.45, 7) is 15.6. The molecule has 0 N–H and O–H groups in total. The van der Waals surface area contributed by atoms with Gasteiger partial charge in [-0.2, -0.15) is 0 Å². The van der Waals surface area contributed by atoms with E-state index in [-0.39, 0.29) is 16.3 Å². The van der Waals surface area contributed by atoms with Crippen molar-refractivity contribution in [3.8, 4) is 0 Å². The molecule has 0 bridgehead atoms. The number of nitrogens with zero attached hydrogens (tertiary/aromatic N) is 3. The fraction of sp³-hybridized carbons (Fsp3) is 0.184. The van der Waals surface area contributed by atoms with Crippen molar-refractivity contribution >= 4 is 54.8 Å². The molecule has 0 saturated carbocycles. The number of benzene rings is 4. The van der Waals surface area contributed by atoms with Gasteiger partial charge in [0.2, 0.25) is 11.6 Å². The number of ether oxygens (including phenoxy) is 1. The molecule has 10 heteroatoms. The first-order valence-corrected chi connectivity index (χ1v) is 17.6. The Kier molecular flexibility index (Phi) is 7.31. The Morgan fingerprint density at radius 3 is 2.25 bits per heavy atom. The van der Waals surface area contributed by atoms with E-state index in [4.69, 9.17) is 11.3 Å². The zero-order chi connectivity index (χ0) is 34.0. The third kappa shape index (κ3) is 4.65. The molecular weight excluding hydrogens is 643 g/mol. The summed E-state index contributed by atoms with van der Waals surface area (Å²) < 4.78 is 37.2. The van der Waals surface area contributed by atoms with E-state index in [2.05, 4.69) is 4.85 Å². The number of amides is 2. The fourth-order valence-corrected chi connectivity index (χ4v) is 9.53. The van der Waals surface area contributed by atoms with Crippen LogP contribution in [0.25, 0.3) is 14.9 Å². The highest BCUT2D eigenvalue weighted by Crippen LogP contribution is 2.62. The van der Waals surface area contributed by atoms with Gasteiger partial charge in [-0.3, -0.25) is 9.10 Å². The van der Waals surface area contributed by atoms with Crippen LogP contribution < -0.4 is 9.21 Å². The number of anilines is 2. The Labute approximate surface area is 283 Å². The van der Waals surface area contributed by atoms with Crippen LogP contribution in [0.5, 0.6) is 0 Å². The van der Waals surface area contributed by atoms with Gasteiger partial charge in [-0.15, -0.1) is 11.3 Å². The summed E-state index contributed by atoms with van der Waals surface area (Å²) in [5.41, 5.74) is -0.248. The van der Waals surface area contributed by atoms with Gasteiger partial charge in [0.15, 0.2) is 0 Å². The Morgan fingerprint density at radius 2 is 1.56 bits per heavy atom. The predicted molar refractivity (Wildman–Crippen MR) is 187 cm³/mol. The van der Waals surface area contributed by atoms with Crippen LogP contribution >= 0.6 is 11.3 Å². The summed E-state index contributed by atoms with van der Waals surface area (Å²) in [6.07, 6.45) is 0.411. The molecule has 2 amide bonds. The minimum Gasteiger partial charge on any atom is -0.443 e. The summed E-state index contributed by atoms with van der Waals surface area (Å²) in [4.78, 5) is 34.8. The minimum absolute atomic E-state index is 0.0376. The summed E-state index contributed by atoms with van der Waals surface area (Å²) in [5.74, 6) is -1.59. The highest BCUT2D eigenvalue weighted by molar-refractivity contribution is 7.93. The number of rotatable bonds is 3. The molecule has 3 heterocycles. The van der Waals surface area contributed by atoms with Crippen LogP contribution in [0, 0.1) is 13.5 Å². The van der Waals surface area contributed by atoms with Gasteiger partial charge in [0.1, 0.15) is 11.0 Å². The van der Waals surface area contributed by atoms with Gasteiger partial charge in [-0.1, -0.05) is 84.4 Å². The molecule has 0 radical (unpaired) electrons. The first-order chi connectivity index (χ1) is 22.9. The number of para-hydroxylation sites is 1. The third-order valence-electron chi connectivity index (χ3n) is 8.67. The molecule has 5 aromatic rings. The van der Waals surface area contributed by atoms with E-state index >= 15 is 4.79 Å².